The molecular formula is C16H11ClN2O. The van der Waals surface area contributed by atoms with Crippen LogP contribution in [0.1, 0.15) is 11.1 Å². The molecule has 0 spiro atoms. The van der Waals surface area contributed by atoms with Crippen molar-refractivity contribution in [2.24, 2.45) is 0 Å². The van der Waals surface area contributed by atoms with Crippen LogP contribution in [-0.2, 0) is 18.0 Å². The maximum absolute atomic E-state index is 6.25. The van der Waals surface area contributed by atoms with E-state index in [-0.39, 0.29) is 0 Å². The SMILES string of the molecule is Clc1nc(-c2ccc3c(c2)COC3)nc2ccccc12. The van der Waals surface area contributed by atoms with Gasteiger partial charge in [0.1, 0.15) is 5.15 Å². The average Bonchev–Trinajstić information content (AvgIpc) is 2.94. The van der Waals surface area contributed by atoms with Crippen molar-refractivity contribution < 1.29 is 4.74 Å². The number of ether oxygens (including phenoxy) is 1. The molecule has 3 aromatic rings. The predicted octanol–water partition coefficient (Wildman–Crippen LogP) is 3.98. The summed E-state index contributed by atoms with van der Waals surface area (Å²) in [5.41, 5.74) is 4.28. The van der Waals surface area contributed by atoms with E-state index in [1.54, 1.807) is 0 Å². The number of hydrogen-bond acceptors (Lipinski definition) is 3. The Morgan fingerprint density at radius 2 is 1.80 bits per heavy atom. The first-order valence-corrected chi connectivity index (χ1v) is 6.81. The first-order chi connectivity index (χ1) is 9.81. The minimum Gasteiger partial charge on any atom is -0.372 e. The molecule has 1 aliphatic rings. The zero-order valence-corrected chi connectivity index (χ0v) is 11.4. The zero-order valence-electron chi connectivity index (χ0n) is 10.6. The Kier molecular flexibility index (Phi) is 2.69. The largest absolute Gasteiger partial charge is 0.372 e. The second-order valence-electron chi connectivity index (χ2n) is 4.83. The topological polar surface area (TPSA) is 35.0 Å². The summed E-state index contributed by atoms with van der Waals surface area (Å²) in [6.07, 6.45) is 0. The van der Waals surface area contributed by atoms with E-state index >= 15 is 0 Å². The summed E-state index contributed by atoms with van der Waals surface area (Å²) < 4.78 is 5.43. The van der Waals surface area contributed by atoms with Crippen LogP contribution in [0.2, 0.25) is 5.15 Å². The second-order valence-corrected chi connectivity index (χ2v) is 5.19. The molecule has 0 saturated heterocycles. The Bertz CT molecular complexity index is 817. The lowest BCUT2D eigenvalue weighted by atomic mass is 10.1. The van der Waals surface area contributed by atoms with Crippen LogP contribution in [0.3, 0.4) is 0 Å². The van der Waals surface area contributed by atoms with Crippen LogP contribution in [-0.4, -0.2) is 9.97 Å². The summed E-state index contributed by atoms with van der Waals surface area (Å²) in [5.74, 6) is 0.656. The molecule has 0 amide bonds. The third kappa shape index (κ3) is 1.87. The molecule has 0 aliphatic carbocycles. The van der Waals surface area contributed by atoms with Gasteiger partial charge in [-0.05, 0) is 29.3 Å². The van der Waals surface area contributed by atoms with E-state index in [0.29, 0.717) is 24.2 Å². The van der Waals surface area contributed by atoms with E-state index in [0.717, 1.165) is 16.5 Å². The first-order valence-electron chi connectivity index (χ1n) is 6.43. The number of benzene rings is 2. The number of rotatable bonds is 1. The van der Waals surface area contributed by atoms with E-state index in [2.05, 4.69) is 22.1 Å². The van der Waals surface area contributed by atoms with Gasteiger partial charge in [0.2, 0.25) is 0 Å². The lowest BCUT2D eigenvalue weighted by Gasteiger charge is -2.06. The molecule has 3 nitrogen and oxygen atoms in total. The third-order valence-electron chi connectivity index (χ3n) is 3.54. The molecule has 1 aliphatic heterocycles. The van der Waals surface area contributed by atoms with Crippen LogP contribution in [0, 0.1) is 0 Å². The van der Waals surface area contributed by atoms with Crippen molar-refractivity contribution in [1.82, 2.24) is 9.97 Å². The smallest absolute Gasteiger partial charge is 0.161 e. The minimum atomic E-state index is 0.488. The van der Waals surface area contributed by atoms with Crippen molar-refractivity contribution in [3.05, 3.63) is 58.7 Å². The quantitative estimate of drug-likeness (QED) is 0.633. The molecule has 1 aromatic heterocycles. The van der Waals surface area contributed by atoms with Crippen molar-refractivity contribution in [2.45, 2.75) is 13.2 Å². The molecule has 2 heterocycles. The molecule has 0 atom stereocenters. The van der Waals surface area contributed by atoms with Gasteiger partial charge in [0.05, 0.1) is 18.7 Å². The number of halogens is 1. The fourth-order valence-electron chi connectivity index (χ4n) is 2.48. The highest BCUT2D eigenvalue weighted by atomic mass is 35.5. The zero-order chi connectivity index (χ0) is 13.5. The van der Waals surface area contributed by atoms with Gasteiger partial charge in [-0.15, -0.1) is 0 Å². The van der Waals surface area contributed by atoms with E-state index in [9.17, 15) is 0 Å². The fourth-order valence-corrected chi connectivity index (χ4v) is 2.72. The van der Waals surface area contributed by atoms with Gasteiger partial charge in [-0.2, -0.15) is 0 Å². The van der Waals surface area contributed by atoms with Gasteiger partial charge in [-0.3, -0.25) is 0 Å². The maximum Gasteiger partial charge on any atom is 0.161 e. The third-order valence-corrected chi connectivity index (χ3v) is 3.82. The van der Waals surface area contributed by atoms with E-state index in [4.69, 9.17) is 16.3 Å². The summed E-state index contributed by atoms with van der Waals surface area (Å²) >= 11 is 6.25. The van der Waals surface area contributed by atoms with E-state index in [1.807, 2.05) is 30.3 Å². The van der Waals surface area contributed by atoms with E-state index < -0.39 is 0 Å². The summed E-state index contributed by atoms with van der Waals surface area (Å²) in [6.45, 7) is 1.35. The number of nitrogens with zero attached hydrogens (tertiary/aromatic N) is 2. The van der Waals surface area contributed by atoms with Crippen LogP contribution >= 0.6 is 11.6 Å². The Balaban J connectivity index is 1.90. The van der Waals surface area contributed by atoms with Gasteiger partial charge in [0.25, 0.3) is 0 Å². The van der Waals surface area contributed by atoms with Crippen molar-refractivity contribution in [3.63, 3.8) is 0 Å². The normalized spacial score (nSPS) is 13.7. The summed E-state index contributed by atoms with van der Waals surface area (Å²) in [6, 6.07) is 13.9. The molecular weight excluding hydrogens is 272 g/mol. The lowest BCUT2D eigenvalue weighted by molar-refractivity contribution is 0.134. The summed E-state index contributed by atoms with van der Waals surface area (Å²) in [4.78, 5) is 9.01. The molecule has 20 heavy (non-hydrogen) atoms. The molecule has 4 rings (SSSR count). The average molecular weight is 283 g/mol. The molecule has 4 heteroatoms. The number of aromatic nitrogens is 2. The Hall–Kier alpha value is -1.97. The molecule has 0 radical (unpaired) electrons. The van der Waals surface area contributed by atoms with Crippen LogP contribution in [0.15, 0.2) is 42.5 Å². The Morgan fingerprint density at radius 1 is 0.950 bits per heavy atom. The lowest BCUT2D eigenvalue weighted by Crippen LogP contribution is -1.93. The van der Waals surface area contributed by atoms with Gasteiger partial charge in [-0.25, -0.2) is 9.97 Å². The molecule has 0 bridgehead atoms. The summed E-state index contributed by atoms with van der Waals surface area (Å²) in [5, 5.41) is 1.37. The van der Waals surface area contributed by atoms with Gasteiger partial charge in [0, 0.05) is 10.9 Å². The molecule has 0 N–H and O–H groups in total. The second kappa shape index (κ2) is 4.54. The predicted molar refractivity (Wildman–Crippen MR) is 78.5 cm³/mol. The van der Waals surface area contributed by atoms with Crippen LogP contribution in [0.5, 0.6) is 0 Å². The number of fused-ring (bicyclic) bond motifs is 2. The van der Waals surface area contributed by atoms with Gasteiger partial charge >= 0.3 is 0 Å². The highest BCUT2D eigenvalue weighted by Gasteiger charge is 2.14. The van der Waals surface area contributed by atoms with Crippen LogP contribution < -0.4 is 0 Å². The Morgan fingerprint density at radius 3 is 2.75 bits per heavy atom. The van der Waals surface area contributed by atoms with Crippen molar-refractivity contribution >= 4 is 22.5 Å². The highest BCUT2D eigenvalue weighted by Crippen LogP contribution is 2.28. The maximum atomic E-state index is 6.25. The number of hydrogen-bond donors (Lipinski definition) is 0. The van der Waals surface area contributed by atoms with E-state index in [1.165, 1.54) is 11.1 Å². The standard InChI is InChI=1S/C16H11ClN2O/c17-15-13-3-1-2-4-14(13)18-16(19-15)10-5-6-11-8-20-9-12(11)7-10/h1-7H,8-9H2. The fraction of sp³-hybridized carbons (Fsp3) is 0.125. The molecule has 0 fully saturated rings. The molecule has 0 unspecified atom stereocenters. The van der Waals surface area contributed by atoms with Crippen molar-refractivity contribution in [2.75, 3.05) is 0 Å². The molecule has 0 saturated carbocycles. The minimum absolute atomic E-state index is 0.488. The van der Waals surface area contributed by atoms with Gasteiger partial charge in [0.15, 0.2) is 5.82 Å². The van der Waals surface area contributed by atoms with Gasteiger partial charge in [-0.1, -0.05) is 35.9 Å². The Labute approximate surface area is 121 Å². The van der Waals surface area contributed by atoms with Crippen LogP contribution in [0.25, 0.3) is 22.3 Å². The number of para-hydroxylation sites is 1. The van der Waals surface area contributed by atoms with Crippen LogP contribution in [0.4, 0.5) is 0 Å². The molecule has 98 valence electrons. The van der Waals surface area contributed by atoms with Crippen molar-refractivity contribution in [1.29, 1.82) is 0 Å². The highest BCUT2D eigenvalue weighted by molar-refractivity contribution is 6.34. The first kappa shape index (κ1) is 11.8. The monoisotopic (exact) mass is 282 g/mol. The molecule has 2 aromatic carbocycles. The van der Waals surface area contributed by atoms with Gasteiger partial charge < -0.3 is 4.74 Å². The van der Waals surface area contributed by atoms with Crippen molar-refractivity contribution in [3.8, 4) is 11.4 Å². The summed E-state index contributed by atoms with van der Waals surface area (Å²) in [7, 11) is 0.